The standard InChI is InChI=1S/C7H11N3O/c1-2-3-6-11-7-8-4-5-9-10-7/h4-5H,2-3,6H2,1H3. The number of hydrogen-bond donors (Lipinski definition) is 0. The van der Waals surface area contributed by atoms with E-state index >= 15 is 0 Å². The Morgan fingerprint density at radius 3 is 3.00 bits per heavy atom. The number of nitrogens with zero attached hydrogens (tertiary/aromatic N) is 3. The Balaban J connectivity index is 2.28. The molecule has 0 spiro atoms. The number of rotatable bonds is 4. The molecule has 0 aliphatic rings. The van der Waals surface area contributed by atoms with Gasteiger partial charge in [-0.15, -0.1) is 0 Å². The Bertz CT molecular complexity index is 190. The molecule has 1 aromatic heterocycles. The van der Waals surface area contributed by atoms with Crippen LogP contribution in [0.15, 0.2) is 12.4 Å². The van der Waals surface area contributed by atoms with Crippen molar-refractivity contribution in [3.05, 3.63) is 12.4 Å². The first-order valence-electron chi connectivity index (χ1n) is 3.70. The third kappa shape index (κ3) is 2.93. The van der Waals surface area contributed by atoms with E-state index in [1.165, 1.54) is 6.20 Å². The smallest absolute Gasteiger partial charge is 0.335 e. The van der Waals surface area contributed by atoms with Crippen LogP contribution in [0.5, 0.6) is 6.01 Å². The molecule has 0 aliphatic heterocycles. The van der Waals surface area contributed by atoms with Gasteiger partial charge in [0.1, 0.15) is 0 Å². The Kier molecular flexibility index (Phi) is 3.31. The lowest BCUT2D eigenvalue weighted by Gasteiger charge is -1.99. The SMILES string of the molecule is CCCCOc1nccnn1. The van der Waals surface area contributed by atoms with Gasteiger partial charge in [-0.25, -0.2) is 4.98 Å². The summed E-state index contributed by atoms with van der Waals surface area (Å²) >= 11 is 0. The molecule has 11 heavy (non-hydrogen) atoms. The van der Waals surface area contributed by atoms with Gasteiger partial charge in [0.2, 0.25) is 0 Å². The fraction of sp³-hybridized carbons (Fsp3) is 0.571. The van der Waals surface area contributed by atoms with E-state index in [0.717, 1.165) is 12.8 Å². The highest BCUT2D eigenvalue weighted by Gasteiger charge is 1.92. The second-order valence-electron chi connectivity index (χ2n) is 2.13. The normalized spacial score (nSPS) is 9.55. The van der Waals surface area contributed by atoms with E-state index in [-0.39, 0.29) is 0 Å². The molecule has 60 valence electrons. The van der Waals surface area contributed by atoms with Crippen molar-refractivity contribution in [2.45, 2.75) is 19.8 Å². The average molecular weight is 153 g/mol. The molecule has 0 unspecified atom stereocenters. The van der Waals surface area contributed by atoms with Crippen LogP contribution < -0.4 is 4.74 Å². The lowest BCUT2D eigenvalue weighted by molar-refractivity contribution is 0.281. The zero-order chi connectivity index (χ0) is 7.94. The van der Waals surface area contributed by atoms with Gasteiger partial charge in [-0.3, -0.25) is 0 Å². The van der Waals surface area contributed by atoms with Crippen LogP contribution in [0.25, 0.3) is 0 Å². The summed E-state index contributed by atoms with van der Waals surface area (Å²) in [6.07, 6.45) is 5.22. The summed E-state index contributed by atoms with van der Waals surface area (Å²) in [6.45, 7) is 2.77. The number of unbranched alkanes of at least 4 members (excludes halogenated alkanes) is 1. The van der Waals surface area contributed by atoms with Crippen LogP contribution in [-0.4, -0.2) is 21.8 Å². The predicted octanol–water partition coefficient (Wildman–Crippen LogP) is 1.05. The summed E-state index contributed by atoms with van der Waals surface area (Å²) in [5, 5.41) is 7.29. The maximum absolute atomic E-state index is 5.16. The van der Waals surface area contributed by atoms with Gasteiger partial charge in [0, 0.05) is 0 Å². The van der Waals surface area contributed by atoms with Gasteiger partial charge >= 0.3 is 6.01 Å². The molecule has 0 radical (unpaired) electrons. The van der Waals surface area contributed by atoms with Crippen LogP contribution in [0.2, 0.25) is 0 Å². The fourth-order valence-electron chi connectivity index (χ4n) is 0.609. The minimum absolute atomic E-state index is 0.362. The molecule has 4 nitrogen and oxygen atoms in total. The maximum atomic E-state index is 5.16. The third-order valence-corrected chi connectivity index (χ3v) is 1.19. The zero-order valence-electron chi connectivity index (χ0n) is 6.53. The molecule has 0 bridgehead atoms. The molecular weight excluding hydrogens is 142 g/mol. The van der Waals surface area contributed by atoms with E-state index in [1.807, 2.05) is 0 Å². The first kappa shape index (κ1) is 7.91. The molecule has 0 fully saturated rings. The van der Waals surface area contributed by atoms with Crippen LogP contribution in [0.4, 0.5) is 0 Å². The second kappa shape index (κ2) is 4.60. The van der Waals surface area contributed by atoms with Crippen LogP contribution in [0.3, 0.4) is 0 Å². The van der Waals surface area contributed by atoms with Crippen molar-refractivity contribution < 1.29 is 4.74 Å². The summed E-state index contributed by atoms with van der Waals surface area (Å²) in [5.74, 6) is 0. The molecule has 0 amide bonds. The van der Waals surface area contributed by atoms with Crippen molar-refractivity contribution in [2.24, 2.45) is 0 Å². The Morgan fingerprint density at radius 2 is 2.36 bits per heavy atom. The van der Waals surface area contributed by atoms with E-state index < -0.39 is 0 Å². The van der Waals surface area contributed by atoms with Crippen molar-refractivity contribution in [2.75, 3.05) is 6.61 Å². The van der Waals surface area contributed by atoms with Crippen LogP contribution >= 0.6 is 0 Å². The summed E-state index contributed by atoms with van der Waals surface area (Å²) < 4.78 is 5.16. The number of hydrogen-bond acceptors (Lipinski definition) is 4. The fourth-order valence-corrected chi connectivity index (χ4v) is 0.609. The maximum Gasteiger partial charge on any atom is 0.335 e. The third-order valence-electron chi connectivity index (χ3n) is 1.19. The molecule has 0 saturated carbocycles. The van der Waals surface area contributed by atoms with Gasteiger partial charge in [0.25, 0.3) is 0 Å². The summed E-state index contributed by atoms with van der Waals surface area (Å²) in [6, 6.07) is 0.362. The highest BCUT2D eigenvalue weighted by molar-refractivity contribution is 4.86. The predicted molar refractivity (Wildman–Crippen MR) is 40.2 cm³/mol. The minimum atomic E-state index is 0.362. The van der Waals surface area contributed by atoms with Crippen molar-refractivity contribution in [3.63, 3.8) is 0 Å². The Hall–Kier alpha value is -1.19. The average Bonchev–Trinajstić information content (AvgIpc) is 2.07. The molecule has 0 N–H and O–H groups in total. The van der Waals surface area contributed by atoms with Gasteiger partial charge in [0.15, 0.2) is 0 Å². The molecule has 4 heteroatoms. The summed E-state index contributed by atoms with van der Waals surface area (Å²) in [7, 11) is 0. The van der Waals surface area contributed by atoms with Gasteiger partial charge in [-0.1, -0.05) is 18.4 Å². The van der Waals surface area contributed by atoms with E-state index in [2.05, 4.69) is 22.1 Å². The highest BCUT2D eigenvalue weighted by atomic mass is 16.5. The molecule has 1 aromatic rings. The van der Waals surface area contributed by atoms with E-state index in [0.29, 0.717) is 12.6 Å². The first-order chi connectivity index (χ1) is 5.43. The van der Waals surface area contributed by atoms with Crippen LogP contribution in [-0.2, 0) is 0 Å². The van der Waals surface area contributed by atoms with Gasteiger partial charge in [-0.2, -0.15) is 5.10 Å². The zero-order valence-corrected chi connectivity index (χ0v) is 6.53. The molecule has 0 saturated heterocycles. The molecule has 0 atom stereocenters. The van der Waals surface area contributed by atoms with Crippen molar-refractivity contribution in [3.8, 4) is 6.01 Å². The summed E-state index contributed by atoms with van der Waals surface area (Å²) in [5.41, 5.74) is 0. The lowest BCUT2D eigenvalue weighted by atomic mass is 10.4. The first-order valence-corrected chi connectivity index (χ1v) is 3.70. The lowest BCUT2D eigenvalue weighted by Crippen LogP contribution is -2.00. The quantitative estimate of drug-likeness (QED) is 0.606. The van der Waals surface area contributed by atoms with E-state index in [4.69, 9.17) is 4.74 Å². The van der Waals surface area contributed by atoms with Crippen LogP contribution in [0.1, 0.15) is 19.8 Å². The topological polar surface area (TPSA) is 47.9 Å². The molecule has 1 heterocycles. The molecule has 0 aromatic carbocycles. The van der Waals surface area contributed by atoms with Gasteiger partial charge in [0.05, 0.1) is 19.0 Å². The van der Waals surface area contributed by atoms with Crippen molar-refractivity contribution in [1.82, 2.24) is 15.2 Å². The number of aromatic nitrogens is 3. The van der Waals surface area contributed by atoms with E-state index in [9.17, 15) is 0 Å². The van der Waals surface area contributed by atoms with E-state index in [1.54, 1.807) is 6.20 Å². The monoisotopic (exact) mass is 153 g/mol. The second-order valence-corrected chi connectivity index (χ2v) is 2.13. The molecule has 1 rings (SSSR count). The van der Waals surface area contributed by atoms with Crippen molar-refractivity contribution >= 4 is 0 Å². The van der Waals surface area contributed by atoms with Crippen LogP contribution in [0, 0.1) is 0 Å². The molecule has 0 aliphatic carbocycles. The number of ether oxygens (including phenoxy) is 1. The Morgan fingerprint density at radius 1 is 1.45 bits per heavy atom. The van der Waals surface area contributed by atoms with Crippen molar-refractivity contribution in [1.29, 1.82) is 0 Å². The van der Waals surface area contributed by atoms with Gasteiger partial charge in [-0.05, 0) is 6.42 Å². The van der Waals surface area contributed by atoms with Gasteiger partial charge < -0.3 is 4.74 Å². The Labute approximate surface area is 65.6 Å². The summed E-state index contributed by atoms with van der Waals surface area (Å²) in [4.78, 5) is 3.85. The molecular formula is C7H11N3O. The minimum Gasteiger partial charge on any atom is -0.462 e. The largest absolute Gasteiger partial charge is 0.462 e. The highest BCUT2D eigenvalue weighted by Crippen LogP contribution is 1.96.